The van der Waals surface area contributed by atoms with E-state index in [0.29, 0.717) is 17.6 Å². The highest BCUT2D eigenvalue weighted by Gasteiger charge is 2.35. The Kier molecular flexibility index (Phi) is 3.66. The molecule has 1 heterocycles. The summed E-state index contributed by atoms with van der Waals surface area (Å²) < 4.78 is 5.43. The smallest absolute Gasteiger partial charge is 0.254 e. The van der Waals surface area contributed by atoms with E-state index < -0.39 is 0 Å². The summed E-state index contributed by atoms with van der Waals surface area (Å²) >= 11 is 0. The van der Waals surface area contributed by atoms with Gasteiger partial charge in [-0.25, -0.2) is 0 Å². The number of rotatable bonds is 4. The molecule has 1 saturated heterocycles. The number of ether oxygens (including phenoxy) is 1. The maximum Gasteiger partial charge on any atom is 0.254 e. The van der Waals surface area contributed by atoms with Crippen LogP contribution in [0, 0.1) is 12.8 Å². The van der Waals surface area contributed by atoms with Crippen LogP contribution in [-0.4, -0.2) is 36.6 Å². The molecule has 0 aromatic heterocycles. The topological polar surface area (TPSA) is 55.6 Å². The van der Waals surface area contributed by atoms with Crippen molar-refractivity contribution >= 4 is 11.6 Å². The maximum atomic E-state index is 12.8. The van der Waals surface area contributed by atoms with E-state index in [4.69, 9.17) is 10.5 Å². The number of hydrogen-bond donors (Lipinski definition) is 1. The molecule has 1 amide bonds. The minimum Gasteiger partial charge on any atom is -0.399 e. The molecule has 1 saturated carbocycles. The molecule has 2 N–H and O–H groups in total. The van der Waals surface area contributed by atoms with Crippen molar-refractivity contribution in [1.29, 1.82) is 0 Å². The van der Waals surface area contributed by atoms with Gasteiger partial charge in [0.1, 0.15) is 0 Å². The molecule has 3 rings (SSSR count). The van der Waals surface area contributed by atoms with E-state index in [9.17, 15) is 4.79 Å². The van der Waals surface area contributed by atoms with Gasteiger partial charge in [0.2, 0.25) is 0 Å². The zero-order valence-electron chi connectivity index (χ0n) is 12.0. The van der Waals surface area contributed by atoms with Crippen molar-refractivity contribution in [3.05, 3.63) is 29.3 Å². The van der Waals surface area contributed by atoms with E-state index >= 15 is 0 Å². The van der Waals surface area contributed by atoms with Crippen LogP contribution in [-0.2, 0) is 4.74 Å². The molecule has 2 aliphatic rings. The summed E-state index contributed by atoms with van der Waals surface area (Å²) in [7, 11) is 0. The number of amides is 1. The second-order valence-electron chi connectivity index (χ2n) is 5.99. The molecular formula is C16H22N2O2. The van der Waals surface area contributed by atoms with Crippen molar-refractivity contribution in [2.24, 2.45) is 5.92 Å². The Morgan fingerprint density at radius 1 is 1.40 bits per heavy atom. The van der Waals surface area contributed by atoms with Gasteiger partial charge in [-0.2, -0.15) is 0 Å². The van der Waals surface area contributed by atoms with Crippen molar-refractivity contribution in [3.63, 3.8) is 0 Å². The summed E-state index contributed by atoms with van der Waals surface area (Å²) in [6, 6.07) is 5.99. The average Bonchev–Trinajstić information content (AvgIpc) is 3.15. The molecule has 0 spiro atoms. The standard InChI is InChI=1S/C16H22N2O2/c1-11-2-3-13(17)8-15(11)16(19)18(14-4-5-14)9-12-6-7-20-10-12/h2-3,8,12,14H,4-7,9-10,17H2,1H3. The summed E-state index contributed by atoms with van der Waals surface area (Å²) in [5.41, 5.74) is 8.23. The first-order chi connectivity index (χ1) is 9.65. The number of nitrogens with zero attached hydrogens (tertiary/aromatic N) is 1. The van der Waals surface area contributed by atoms with Crippen LogP contribution in [0.5, 0.6) is 0 Å². The van der Waals surface area contributed by atoms with Gasteiger partial charge in [-0.3, -0.25) is 4.79 Å². The Hall–Kier alpha value is -1.55. The van der Waals surface area contributed by atoms with Crippen LogP contribution >= 0.6 is 0 Å². The van der Waals surface area contributed by atoms with Crippen molar-refractivity contribution in [2.45, 2.75) is 32.2 Å². The normalized spacial score (nSPS) is 21.9. The quantitative estimate of drug-likeness (QED) is 0.857. The molecule has 4 heteroatoms. The lowest BCUT2D eigenvalue weighted by atomic mass is 10.0. The maximum absolute atomic E-state index is 12.8. The third-order valence-corrected chi connectivity index (χ3v) is 4.22. The predicted octanol–water partition coefficient (Wildman–Crippen LogP) is 2.22. The van der Waals surface area contributed by atoms with E-state index in [1.807, 2.05) is 24.0 Å². The number of nitrogens with two attached hydrogens (primary N) is 1. The molecule has 0 radical (unpaired) electrons. The first-order valence-electron chi connectivity index (χ1n) is 7.40. The fourth-order valence-corrected chi connectivity index (χ4v) is 2.81. The fourth-order valence-electron chi connectivity index (χ4n) is 2.81. The monoisotopic (exact) mass is 274 g/mol. The highest BCUT2D eigenvalue weighted by Crippen LogP contribution is 2.31. The summed E-state index contributed by atoms with van der Waals surface area (Å²) in [4.78, 5) is 14.9. The lowest BCUT2D eigenvalue weighted by Crippen LogP contribution is -2.37. The second-order valence-corrected chi connectivity index (χ2v) is 5.99. The average molecular weight is 274 g/mol. The van der Waals surface area contributed by atoms with Gasteiger partial charge < -0.3 is 15.4 Å². The molecule has 1 aromatic carbocycles. The lowest BCUT2D eigenvalue weighted by Gasteiger charge is -2.26. The Labute approximate surface area is 119 Å². The van der Waals surface area contributed by atoms with Crippen LogP contribution in [0.3, 0.4) is 0 Å². The summed E-state index contributed by atoms with van der Waals surface area (Å²) in [6.07, 6.45) is 3.31. The molecule has 108 valence electrons. The van der Waals surface area contributed by atoms with E-state index in [-0.39, 0.29) is 5.91 Å². The van der Waals surface area contributed by atoms with E-state index in [1.54, 1.807) is 6.07 Å². The Morgan fingerprint density at radius 2 is 2.20 bits per heavy atom. The van der Waals surface area contributed by atoms with Gasteiger partial charge in [-0.15, -0.1) is 0 Å². The highest BCUT2D eigenvalue weighted by molar-refractivity contribution is 5.96. The third kappa shape index (κ3) is 2.80. The Morgan fingerprint density at radius 3 is 2.85 bits per heavy atom. The Balaban J connectivity index is 1.79. The zero-order valence-corrected chi connectivity index (χ0v) is 12.0. The fraction of sp³-hybridized carbons (Fsp3) is 0.562. The van der Waals surface area contributed by atoms with E-state index in [1.165, 1.54) is 0 Å². The first-order valence-corrected chi connectivity index (χ1v) is 7.40. The van der Waals surface area contributed by atoms with Crippen LogP contribution < -0.4 is 5.73 Å². The van der Waals surface area contributed by atoms with Gasteiger partial charge in [0.25, 0.3) is 5.91 Å². The largest absolute Gasteiger partial charge is 0.399 e. The molecule has 0 bridgehead atoms. The van der Waals surface area contributed by atoms with Crippen LogP contribution in [0.2, 0.25) is 0 Å². The van der Waals surface area contributed by atoms with E-state index in [2.05, 4.69) is 0 Å². The number of aryl methyl sites for hydroxylation is 1. The molecule has 1 unspecified atom stereocenters. The molecule has 2 fully saturated rings. The van der Waals surface area contributed by atoms with Crippen LogP contribution in [0.25, 0.3) is 0 Å². The number of hydrogen-bond acceptors (Lipinski definition) is 3. The van der Waals surface area contributed by atoms with Gasteiger partial charge in [-0.1, -0.05) is 6.07 Å². The van der Waals surface area contributed by atoms with Crippen molar-refractivity contribution in [1.82, 2.24) is 4.90 Å². The summed E-state index contributed by atoms with van der Waals surface area (Å²) in [5, 5.41) is 0. The van der Waals surface area contributed by atoms with Gasteiger partial charge in [0, 0.05) is 36.4 Å². The van der Waals surface area contributed by atoms with Crippen molar-refractivity contribution in [2.75, 3.05) is 25.5 Å². The zero-order chi connectivity index (χ0) is 14.1. The molecule has 4 nitrogen and oxygen atoms in total. The van der Waals surface area contributed by atoms with Gasteiger partial charge in [0.05, 0.1) is 6.61 Å². The van der Waals surface area contributed by atoms with Gasteiger partial charge in [-0.05, 0) is 43.9 Å². The number of nitrogen functional groups attached to an aromatic ring is 1. The van der Waals surface area contributed by atoms with Gasteiger partial charge in [0.15, 0.2) is 0 Å². The second kappa shape index (κ2) is 5.44. The minimum atomic E-state index is 0.129. The third-order valence-electron chi connectivity index (χ3n) is 4.22. The van der Waals surface area contributed by atoms with Gasteiger partial charge >= 0.3 is 0 Å². The van der Waals surface area contributed by atoms with Crippen molar-refractivity contribution in [3.8, 4) is 0 Å². The van der Waals surface area contributed by atoms with Crippen LogP contribution in [0.4, 0.5) is 5.69 Å². The lowest BCUT2D eigenvalue weighted by molar-refractivity contribution is 0.0705. The number of carbonyl (C=O) groups excluding carboxylic acids is 1. The SMILES string of the molecule is Cc1ccc(N)cc1C(=O)N(CC1CCOC1)C1CC1. The molecule has 1 aliphatic heterocycles. The molecule has 1 atom stereocenters. The first kappa shape index (κ1) is 13.4. The molecular weight excluding hydrogens is 252 g/mol. The number of anilines is 1. The van der Waals surface area contributed by atoms with Crippen molar-refractivity contribution < 1.29 is 9.53 Å². The van der Waals surface area contributed by atoms with Crippen LogP contribution in [0.15, 0.2) is 18.2 Å². The molecule has 1 aliphatic carbocycles. The minimum absolute atomic E-state index is 0.129. The molecule has 20 heavy (non-hydrogen) atoms. The van der Waals surface area contributed by atoms with E-state index in [0.717, 1.165) is 50.1 Å². The highest BCUT2D eigenvalue weighted by atomic mass is 16.5. The number of carbonyl (C=O) groups is 1. The number of benzene rings is 1. The predicted molar refractivity (Wildman–Crippen MR) is 78.6 cm³/mol. The Bertz CT molecular complexity index is 505. The van der Waals surface area contributed by atoms with Crippen LogP contribution in [0.1, 0.15) is 35.2 Å². The summed E-state index contributed by atoms with van der Waals surface area (Å²) in [6.45, 7) is 4.40. The summed E-state index contributed by atoms with van der Waals surface area (Å²) in [5.74, 6) is 0.616. The molecule has 1 aromatic rings.